The van der Waals surface area contributed by atoms with Gasteiger partial charge in [-0.15, -0.1) is 0 Å². The molecule has 0 radical (unpaired) electrons. The Balaban J connectivity index is 2.65. The molecule has 21 heavy (non-hydrogen) atoms. The number of primary amides is 1. The summed E-state index contributed by atoms with van der Waals surface area (Å²) in [6, 6.07) is 0. The number of carboxylic acid groups (broad SMARTS) is 1. The highest BCUT2D eigenvalue weighted by Gasteiger charge is 2.41. The molecule has 1 heterocycles. The van der Waals surface area contributed by atoms with Gasteiger partial charge in [0.15, 0.2) is 0 Å². The van der Waals surface area contributed by atoms with Crippen LogP contribution in [-0.2, 0) is 9.59 Å². The summed E-state index contributed by atoms with van der Waals surface area (Å²) in [7, 11) is 4.40. The lowest BCUT2D eigenvalue weighted by Crippen LogP contribution is -2.37. The molecule has 0 bridgehead atoms. The first kappa shape index (κ1) is 18.0. The van der Waals surface area contributed by atoms with Gasteiger partial charge in [0.2, 0.25) is 5.91 Å². The Morgan fingerprint density at radius 1 is 1.29 bits per heavy atom. The summed E-state index contributed by atoms with van der Waals surface area (Å²) >= 11 is 0. The third-order valence-corrected chi connectivity index (χ3v) is 5.01. The summed E-state index contributed by atoms with van der Waals surface area (Å²) in [6.45, 7) is 5.90. The number of quaternary nitrogens is 1. The molecule has 122 valence electrons. The van der Waals surface area contributed by atoms with Gasteiger partial charge >= 0.3 is 5.97 Å². The molecule has 1 aliphatic heterocycles. The van der Waals surface area contributed by atoms with Crippen molar-refractivity contribution in [1.29, 1.82) is 0 Å². The van der Waals surface area contributed by atoms with Gasteiger partial charge in [0.25, 0.3) is 0 Å². The van der Waals surface area contributed by atoms with Crippen molar-refractivity contribution in [2.24, 2.45) is 29.4 Å². The van der Waals surface area contributed by atoms with Crippen LogP contribution in [0.5, 0.6) is 0 Å². The van der Waals surface area contributed by atoms with E-state index in [2.05, 4.69) is 14.1 Å². The number of aliphatic carboxylic acids is 1. The molecule has 5 heteroatoms. The first-order chi connectivity index (χ1) is 9.66. The van der Waals surface area contributed by atoms with Crippen LogP contribution in [0.15, 0.2) is 0 Å². The zero-order valence-electron chi connectivity index (χ0n) is 13.8. The van der Waals surface area contributed by atoms with Gasteiger partial charge in [0.1, 0.15) is 0 Å². The molecule has 0 aromatic heterocycles. The van der Waals surface area contributed by atoms with E-state index in [0.717, 1.165) is 36.8 Å². The molecule has 0 aliphatic carbocycles. The minimum atomic E-state index is -0.682. The quantitative estimate of drug-likeness (QED) is 0.670. The number of hydrogen-bond acceptors (Lipinski definition) is 2. The molecule has 0 saturated carbocycles. The molecule has 5 nitrogen and oxygen atoms in total. The summed E-state index contributed by atoms with van der Waals surface area (Å²) in [5, 5.41) is 9.27. The van der Waals surface area contributed by atoms with Crippen molar-refractivity contribution in [3.8, 4) is 0 Å². The number of nitrogens with zero attached hydrogens (tertiary/aromatic N) is 1. The molecule has 4 unspecified atom stereocenters. The van der Waals surface area contributed by atoms with Crippen LogP contribution in [-0.4, -0.2) is 48.7 Å². The van der Waals surface area contributed by atoms with Crippen LogP contribution in [0.25, 0.3) is 0 Å². The van der Waals surface area contributed by atoms with E-state index in [4.69, 9.17) is 5.73 Å². The first-order valence-electron chi connectivity index (χ1n) is 8.00. The predicted molar refractivity (Wildman–Crippen MR) is 82.4 cm³/mol. The number of amides is 1. The standard InChI is InChI=1S/C16H30N2O3/c1-5-12(16(20)21)8-14-10-18(3,4)9-13(14)7-6-11(2)15(17)19/h11-14H,5-10H2,1-4H3,(H2-,17,19,20,21)/p+1. The van der Waals surface area contributed by atoms with Crippen LogP contribution < -0.4 is 5.73 Å². The van der Waals surface area contributed by atoms with Crippen molar-refractivity contribution in [2.45, 2.75) is 39.5 Å². The van der Waals surface area contributed by atoms with Crippen molar-refractivity contribution >= 4 is 11.9 Å². The second-order valence-electron chi connectivity index (χ2n) is 7.38. The van der Waals surface area contributed by atoms with Crippen molar-refractivity contribution in [2.75, 3.05) is 27.2 Å². The monoisotopic (exact) mass is 299 g/mol. The molecular weight excluding hydrogens is 268 g/mol. The van der Waals surface area contributed by atoms with Crippen LogP contribution in [0.2, 0.25) is 0 Å². The lowest BCUT2D eigenvalue weighted by Gasteiger charge is -2.24. The third kappa shape index (κ3) is 5.30. The van der Waals surface area contributed by atoms with Gasteiger partial charge in [-0.1, -0.05) is 13.8 Å². The van der Waals surface area contributed by atoms with E-state index in [9.17, 15) is 14.7 Å². The summed E-state index contributed by atoms with van der Waals surface area (Å²) in [5.74, 6) is -0.335. The number of carbonyl (C=O) groups excluding carboxylic acids is 1. The normalized spacial score (nSPS) is 27.2. The fraction of sp³-hybridized carbons (Fsp3) is 0.875. The first-order valence-corrected chi connectivity index (χ1v) is 8.00. The highest BCUT2D eigenvalue weighted by molar-refractivity contribution is 5.76. The Bertz CT molecular complexity index is 382. The van der Waals surface area contributed by atoms with Gasteiger partial charge < -0.3 is 15.3 Å². The van der Waals surface area contributed by atoms with E-state index in [1.54, 1.807) is 0 Å². The van der Waals surface area contributed by atoms with Crippen molar-refractivity contribution in [3.63, 3.8) is 0 Å². The van der Waals surface area contributed by atoms with Crippen LogP contribution >= 0.6 is 0 Å². The van der Waals surface area contributed by atoms with Gasteiger partial charge in [0, 0.05) is 17.8 Å². The highest BCUT2D eigenvalue weighted by atomic mass is 16.4. The SMILES string of the molecule is CCC(CC1C[N+](C)(C)CC1CCC(C)C(N)=O)C(=O)O. The van der Waals surface area contributed by atoms with Crippen LogP contribution in [0, 0.1) is 23.7 Å². The maximum atomic E-state index is 11.3. The second kappa shape index (κ2) is 7.25. The van der Waals surface area contributed by atoms with E-state index in [1.165, 1.54) is 0 Å². The number of carboxylic acids is 1. The van der Waals surface area contributed by atoms with Gasteiger partial charge in [-0.05, 0) is 25.7 Å². The molecule has 1 rings (SSSR count). The minimum absolute atomic E-state index is 0.0942. The van der Waals surface area contributed by atoms with Crippen molar-refractivity contribution in [3.05, 3.63) is 0 Å². The topological polar surface area (TPSA) is 80.4 Å². The number of hydrogen-bond donors (Lipinski definition) is 2. The average molecular weight is 299 g/mol. The Morgan fingerprint density at radius 3 is 2.33 bits per heavy atom. The van der Waals surface area contributed by atoms with E-state index in [0.29, 0.717) is 18.3 Å². The summed E-state index contributed by atoms with van der Waals surface area (Å²) in [4.78, 5) is 22.4. The molecule has 1 saturated heterocycles. The van der Waals surface area contributed by atoms with Crippen LogP contribution in [0.3, 0.4) is 0 Å². The minimum Gasteiger partial charge on any atom is -0.481 e. The van der Waals surface area contributed by atoms with E-state index >= 15 is 0 Å². The number of likely N-dealkylation sites (tertiary alicyclic amines) is 1. The zero-order valence-corrected chi connectivity index (χ0v) is 13.8. The average Bonchev–Trinajstić information content (AvgIpc) is 2.66. The van der Waals surface area contributed by atoms with E-state index in [-0.39, 0.29) is 17.7 Å². The molecular formula is C16H31N2O3+. The number of nitrogens with two attached hydrogens (primary N) is 1. The number of rotatable bonds is 8. The van der Waals surface area contributed by atoms with Gasteiger partial charge in [-0.2, -0.15) is 0 Å². The Morgan fingerprint density at radius 2 is 1.86 bits per heavy atom. The maximum Gasteiger partial charge on any atom is 0.306 e. The molecule has 1 fully saturated rings. The maximum absolute atomic E-state index is 11.3. The van der Waals surface area contributed by atoms with Crippen LogP contribution in [0.4, 0.5) is 0 Å². The van der Waals surface area contributed by atoms with Crippen molar-refractivity contribution < 1.29 is 19.2 Å². The molecule has 0 spiro atoms. The number of carbonyl (C=O) groups is 2. The Hall–Kier alpha value is -1.10. The third-order valence-electron chi connectivity index (χ3n) is 5.01. The Kier molecular flexibility index (Phi) is 6.20. The molecule has 0 aromatic carbocycles. The van der Waals surface area contributed by atoms with E-state index in [1.807, 2.05) is 13.8 Å². The highest BCUT2D eigenvalue weighted by Crippen LogP contribution is 2.36. The second-order valence-corrected chi connectivity index (χ2v) is 7.38. The molecule has 4 atom stereocenters. The van der Waals surface area contributed by atoms with Crippen molar-refractivity contribution in [1.82, 2.24) is 0 Å². The largest absolute Gasteiger partial charge is 0.481 e. The molecule has 1 amide bonds. The predicted octanol–water partition coefficient (Wildman–Crippen LogP) is 1.71. The Labute approximate surface area is 128 Å². The molecule has 1 aliphatic rings. The zero-order chi connectivity index (χ0) is 16.2. The summed E-state index contributed by atoms with van der Waals surface area (Å²) in [6.07, 6.45) is 3.21. The fourth-order valence-electron chi connectivity index (χ4n) is 3.65. The van der Waals surface area contributed by atoms with Gasteiger partial charge in [-0.3, -0.25) is 9.59 Å². The lowest BCUT2D eigenvalue weighted by atomic mass is 9.82. The summed E-state index contributed by atoms with van der Waals surface area (Å²) in [5.41, 5.74) is 5.33. The molecule has 3 N–H and O–H groups in total. The fourth-order valence-corrected chi connectivity index (χ4v) is 3.65. The lowest BCUT2D eigenvalue weighted by molar-refractivity contribution is -0.880. The van der Waals surface area contributed by atoms with Crippen LogP contribution in [0.1, 0.15) is 39.5 Å². The summed E-state index contributed by atoms with van der Waals surface area (Å²) < 4.78 is 0.941. The van der Waals surface area contributed by atoms with Gasteiger partial charge in [-0.25, -0.2) is 0 Å². The molecule has 0 aromatic rings. The van der Waals surface area contributed by atoms with Gasteiger partial charge in [0.05, 0.1) is 33.1 Å². The van der Waals surface area contributed by atoms with E-state index < -0.39 is 5.97 Å². The smallest absolute Gasteiger partial charge is 0.306 e.